The van der Waals surface area contributed by atoms with Gasteiger partial charge in [-0.1, -0.05) is 23.7 Å². The Labute approximate surface area is 125 Å². The average Bonchev–Trinajstić information content (AvgIpc) is 2.83. The quantitative estimate of drug-likeness (QED) is 0.788. The SMILES string of the molecule is O=C(O)c1cc(F)cc2ccn(Cc3ccc(Cl)cc3)c12. The van der Waals surface area contributed by atoms with Crippen LogP contribution in [0.15, 0.2) is 48.7 Å². The zero-order chi connectivity index (χ0) is 15.0. The number of aromatic nitrogens is 1. The molecule has 3 rings (SSSR count). The highest BCUT2D eigenvalue weighted by atomic mass is 35.5. The topological polar surface area (TPSA) is 42.2 Å². The fraction of sp³-hybridized carbons (Fsp3) is 0.0625. The van der Waals surface area contributed by atoms with Crippen molar-refractivity contribution in [2.75, 3.05) is 0 Å². The van der Waals surface area contributed by atoms with Gasteiger partial charge in [-0.05, 0) is 35.9 Å². The van der Waals surface area contributed by atoms with E-state index >= 15 is 0 Å². The van der Waals surface area contributed by atoms with E-state index in [1.165, 1.54) is 6.07 Å². The second-order valence-electron chi connectivity index (χ2n) is 4.77. The van der Waals surface area contributed by atoms with Gasteiger partial charge in [0, 0.05) is 23.2 Å². The maximum atomic E-state index is 13.5. The lowest BCUT2D eigenvalue weighted by Gasteiger charge is -2.08. The number of carboxylic acid groups (broad SMARTS) is 1. The average molecular weight is 304 g/mol. The maximum absolute atomic E-state index is 13.5. The standard InChI is InChI=1S/C16H11ClFNO2/c17-12-3-1-10(2-4-12)9-19-6-5-11-7-13(18)8-14(15(11)19)16(20)21/h1-8H,9H2,(H,20,21). The lowest BCUT2D eigenvalue weighted by molar-refractivity contribution is 0.0698. The molecule has 0 aliphatic heterocycles. The highest BCUT2D eigenvalue weighted by Gasteiger charge is 2.14. The van der Waals surface area contributed by atoms with Crippen molar-refractivity contribution in [2.24, 2.45) is 0 Å². The lowest BCUT2D eigenvalue weighted by atomic mass is 10.1. The zero-order valence-electron chi connectivity index (χ0n) is 10.9. The van der Waals surface area contributed by atoms with Crippen molar-refractivity contribution >= 4 is 28.5 Å². The molecule has 3 nitrogen and oxygen atoms in total. The van der Waals surface area contributed by atoms with Gasteiger partial charge in [0.05, 0.1) is 11.1 Å². The number of fused-ring (bicyclic) bond motifs is 1. The van der Waals surface area contributed by atoms with Crippen molar-refractivity contribution in [3.63, 3.8) is 0 Å². The molecule has 0 bridgehead atoms. The minimum Gasteiger partial charge on any atom is -0.478 e. The normalized spacial score (nSPS) is 11.0. The summed E-state index contributed by atoms with van der Waals surface area (Å²) in [4.78, 5) is 11.3. The van der Waals surface area contributed by atoms with Gasteiger partial charge in [-0.2, -0.15) is 0 Å². The van der Waals surface area contributed by atoms with Crippen LogP contribution in [0, 0.1) is 5.82 Å². The van der Waals surface area contributed by atoms with Gasteiger partial charge in [-0.3, -0.25) is 0 Å². The summed E-state index contributed by atoms with van der Waals surface area (Å²) in [5.74, 6) is -1.69. The monoisotopic (exact) mass is 303 g/mol. The van der Waals surface area contributed by atoms with E-state index in [-0.39, 0.29) is 5.56 Å². The molecule has 0 saturated carbocycles. The van der Waals surface area contributed by atoms with E-state index in [2.05, 4.69) is 0 Å². The Balaban J connectivity index is 2.11. The first kappa shape index (κ1) is 13.6. The summed E-state index contributed by atoms with van der Waals surface area (Å²) in [6, 6.07) is 11.4. The van der Waals surface area contributed by atoms with Gasteiger partial charge >= 0.3 is 5.97 Å². The van der Waals surface area contributed by atoms with Gasteiger partial charge in [0.25, 0.3) is 0 Å². The van der Waals surface area contributed by atoms with Gasteiger partial charge in [0.1, 0.15) is 5.82 Å². The molecule has 0 aliphatic rings. The highest BCUT2D eigenvalue weighted by Crippen LogP contribution is 2.23. The van der Waals surface area contributed by atoms with Crippen molar-refractivity contribution in [3.8, 4) is 0 Å². The minimum atomic E-state index is -1.14. The molecule has 0 amide bonds. The predicted molar refractivity (Wildman–Crippen MR) is 79.4 cm³/mol. The summed E-state index contributed by atoms with van der Waals surface area (Å²) in [5.41, 5.74) is 1.46. The van der Waals surface area contributed by atoms with Gasteiger partial charge < -0.3 is 9.67 Å². The number of carboxylic acids is 1. The van der Waals surface area contributed by atoms with Crippen LogP contribution in [0.2, 0.25) is 5.02 Å². The van der Waals surface area contributed by atoms with Crippen LogP contribution >= 0.6 is 11.6 Å². The molecule has 0 spiro atoms. The van der Waals surface area contributed by atoms with Crippen LogP contribution in [-0.4, -0.2) is 15.6 Å². The van der Waals surface area contributed by atoms with E-state index in [9.17, 15) is 14.3 Å². The van der Waals surface area contributed by atoms with Crippen LogP contribution in [0.4, 0.5) is 4.39 Å². The Morgan fingerprint density at radius 3 is 2.57 bits per heavy atom. The molecule has 0 unspecified atom stereocenters. The molecular weight excluding hydrogens is 293 g/mol. The third-order valence-corrected chi connectivity index (χ3v) is 3.57. The number of halogens is 2. The van der Waals surface area contributed by atoms with E-state index in [0.29, 0.717) is 22.5 Å². The van der Waals surface area contributed by atoms with Crippen molar-refractivity contribution < 1.29 is 14.3 Å². The first-order chi connectivity index (χ1) is 10.0. The molecule has 0 atom stereocenters. The molecule has 0 radical (unpaired) electrons. The van der Waals surface area contributed by atoms with E-state index in [4.69, 9.17) is 11.6 Å². The summed E-state index contributed by atoms with van der Waals surface area (Å²) < 4.78 is 15.2. The third-order valence-electron chi connectivity index (χ3n) is 3.32. The minimum absolute atomic E-state index is 0.0380. The molecule has 21 heavy (non-hydrogen) atoms. The number of nitrogens with zero attached hydrogens (tertiary/aromatic N) is 1. The maximum Gasteiger partial charge on any atom is 0.337 e. The summed E-state index contributed by atoms with van der Waals surface area (Å²) in [6.45, 7) is 0.493. The molecule has 5 heteroatoms. The van der Waals surface area contributed by atoms with Gasteiger partial charge in [-0.25, -0.2) is 9.18 Å². The number of hydrogen-bond donors (Lipinski definition) is 1. The van der Waals surface area contributed by atoms with E-state index in [0.717, 1.165) is 11.6 Å². The van der Waals surface area contributed by atoms with E-state index < -0.39 is 11.8 Å². The summed E-state index contributed by atoms with van der Waals surface area (Å²) in [6.07, 6.45) is 1.76. The van der Waals surface area contributed by atoms with Crippen molar-refractivity contribution in [2.45, 2.75) is 6.54 Å². The molecule has 106 valence electrons. The number of rotatable bonds is 3. The molecule has 1 heterocycles. The molecule has 1 aromatic heterocycles. The predicted octanol–water partition coefficient (Wildman–Crippen LogP) is 4.18. The largest absolute Gasteiger partial charge is 0.478 e. The lowest BCUT2D eigenvalue weighted by Crippen LogP contribution is -2.04. The van der Waals surface area contributed by atoms with E-state index in [1.54, 1.807) is 29.0 Å². The fourth-order valence-corrected chi connectivity index (χ4v) is 2.52. The van der Waals surface area contributed by atoms with Crippen LogP contribution in [-0.2, 0) is 6.54 Å². The molecule has 3 aromatic rings. The van der Waals surface area contributed by atoms with Crippen molar-refractivity contribution in [1.82, 2.24) is 4.57 Å². The highest BCUT2D eigenvalue weighted by molar-refractivity contribution is 6.30. The number of carbonyl (C=O) groups is 1. The molecular formula is C16H11ClFNO2. The Morgan fingerprint density at radius 1 is 1.19 bits per heavy atom. The van der Waals surface area contributed by atoms with Crippen LogP contribution in [0.1, 0.15) is 15.9 Å². The van der Waals surface area contributed by atoms with Gasteiger partial charge in [-0.15, -0.1) is 0 Å². The van der Waals surface area contributed by atoms with Gasteiger partial charge in [0.15, 0.2) is 0 Å². The number of benzene rings is 2. The first-order valence-electron chi connectivity index (χ1n) is 6.31. The Kier molecular flexibility index (Phi) is 3.39. The summed E-state index contributed by atoms with van der Waals surface area (Å²) in [5, 5.41) is 10.5. The summed E-state index contributed by atoms with van der Waals surface area (Å²) in [7, 11) is 0. The second kappa shape index (κ2) is 5.22. The van der Waals surface area contributed by atoms with Crippen LogP contribution in [0.25, 0.3) is 10.9 Å². The molecule has 0 saturated heterocycles. The molecule has 0 aliphatic carbocycles. The smallest absolute Gasteiger partial charge is 0.337 e. The second-order valence-corrected chi connectivity index (χ2v) is 5.20. The molecule has 2 aromatic carbocycles. The van der Waals surface area contributed by atoms with E-state index in [1.807, 2.05) is 12.1 Å². The van der Waals surface area contributed by atoms with Crippen LogP contribution in [0.5, 0.6) is 0 Å². The zero-order valence-corrected chi connectivity index (χ0v) is 11.6. The number of aromatic carboxylic acids is 1. The first-order valence-corrected chi connectivity index (χ1v) is 6.68. The fourth-order valence-electron chi connectivity index (χ4n) is 2.39. The molecule has 0 fully saturated rings. The van der Waals surface area contributed by atoms with Crippen LogP contribution < -0.4 is 0 Å². The Bertz CT molecular complexity index is 824. The number of hydrogen-bond acceptors (Lipinski definition) is 1. The third kappa shape index (κ3) is 2.62. The Hall–Kier alpha value is -2.33. The Morgan fingerprint density at radius 2 is 1.90 bits per heavy atom. The van der Waals surface area contributed by atoms with Crippen molar-refractivity contribution in [1.29, 1.82) is 0 Å². The summed E-state index contributed by atoms with van der Waals surface area (Å²) >= 11 is 5.85. The van der Waals surface area contributed by atoms with Crippen molar-refractivity contribution in [3.05, 3.63) is 70.6 Å². The molecule has 1 N–H and O–H groups in total. The van der Waals surface area contributed by atoms with Gasteiger partial charge in [0.2, 0.25) is 0 Å². The van der Waals surface area contributed by atoms with Crippen LogP contribution in [0.3, 0.4) is 0 Å².